The molecule has 1 fully saturated rings. The largest absolute Gasteiger partial charge is 0.492 e. The number of urea groups is 1. The Balaban J connectivity index is 1.50. The molecule has 10 heteroatoms. The molecule has 9 nitrogen and oxygen atoms in total. The second-order valence-electron chi connectivity index (χ2n) is 9.86. The maximum absolute atomic E-state index is 12.8. The third-order valence-corrected chi connectivity index (χ3v) is 7.18. The van der Waals surface area contributed by atoms with Crippen LogP contribution in [-0.2, 0) is 17.8 Å². The fraction of sp³-hybridized carbons (Fsp3) is 0.417. The third-order valence-electron chi connectivity index (χ3n) is 6.08. The van der Waals surface area contributed by atoms with Crippen molar-refractivity contribution < 1.29 is 19.4 Å². The number of likely N-dealkylation sites (N-methyl/N-ethyl adjacent to an activating group) is 1. The van der Waals surface area contributed by atoms with Crippen molar-refractivity contribution >= 4 is 28.4 Å². The molecule has 0 aliphatic carbocycles. The summed E-state index contributed by atoms with van der Waals surface area (Å²) in [4.78, 5) is 33.8. The Morgan fingerprint density at radius 3 is 2.68 bits per heavy atom. The highest BCUT2D eigenvalue weighted by molar-refractivity contribution is 7.16. The summed E-state index contributed by atoms with van der Waals surface area (Å²) in [5.74, 6) is 0.463. The number of anilines is 1. The standard InChI is InChI=1S/C24H27N5O4S/c1-23(2,32)13-28-12-15(11-25-28)14-6-7-16-17(10-14)33-9-8-18-19(16)26-21(34-18)29-22(31)27(5)20(30)24(29,3)4/h6-7,10-12,32H,8-9,13H2,1-5H3. The zero-order chi connectivity index (χ0) is 24.4. The number of carbonyl (C=O) groups excluding carboxylic acids is 2. The van der Waals surface area contributed by atoms with Gasteiger partial charge in [0.25, 0.3) is 5.91 Å². The van der Waals surface area contributed by atoms with Crippen molar-refractivity contribution in [1.29, 1.82) is 0 Å². The molecule has 34 heavy (non-hydrogen) atoms. The van der Waals surface area contributed by atoms with E-state index in [1.165, 1.54) is 23.3 Å². The number of benzene rings is 1. The monoisotopic (exact) mass is 481 g/mol. The van der Waals surface area contributed by atoms with E-state index in [-0.39, 0.29) is 11.9 Å². The highest BCUT2D eigenvalue weighted by Crippen LogP contribution is 2.44. The molecule has 178 valence electrons. The smallest absolute Gasteiger partial charge is 0.333 e. The minimum Gasteiger partial charge on any atom is -0.492 e. The van der Waals surface area contributed by atoms with Crippen LogP contribution >= 0.6 is 11.3 Å². The molecule has 5 rings (SSSR count). The van der Waals surface area contributed by atoms with Gasteiger partial charge in [-0.3, -0.25) is 19.3 Å². The Hall–Kier alpha value is -3.24. The quantitative estimate of drug-likeness (QED) is 0.572. The van der Waals surface area contributed by atoms with Crippen molar-refractivity contribution in [1.82, 2.24) is 19.7 Å². The second-order valence-corrected chi connectivity index (χ2v) is 10.9. The van der Waals surface area contributed by atoms with E-state index < -0.39 is 11.1 Å². The maximum atomic E-state index is 12.8. The SMILES string of the molecule is CN1C(=O)N(c2nc3c(s2)CCOc2cc(-c4cnn(CC(C)(C)O)c4)ccc2-3)C(C)(C)C1=O. The molecule has 0 saturated carbocycles. The third kappa shape index (κ3) is 3.67. The molecular weight excluding hydrogens is 454 g/mol. The van der Waals surface area contributed by atoms with E-state index in [2.05, 4.69) is 5.10 Å². The molecule has 2 aromatic heterocycles. The van der Waals surface area contributed by atoms with Crippen LogP contribution in [0.25, 0.3) is 22.4 Å². The first kappa shape index (κ1) is 22.5. The molecule has 0 atom stereocenters. The van der Waals surface area contributed by atoms with E-state index >= 15 is 0 Å². The van der Waals surface area contributed by atoms with Crippen molar-refractivity contribution in [2.45, 2.75) is 51.8 Å². The Morgan fingerprint density at radius 2 is 2.00 bits per heavy atom. The van der Waals surface area contributed by atoms with E-state index in [1.54, 1.807) is 38.6 Å². The number of thiazole rings is 1. The minimum absolute atomic E-state index is 0.249. The summed E-state index contributed by atoms with van der Waals surface area (Å²) in [5.41, 5.74) is 1.65. The molecule has 2 aliphatic rings. The van der Waals surface area contributed by atoms with Crippen LogP contribution in [0.15, 0.2) is 30.6 Å². The lowest BCUT2D eigenvalue weighted by molar-refractivity contribution is -0.128. The van der Waals surface area contributed by atoms with Gasteiger partial charge in [0.05, 0.1) is 30.6 Å². The number of aliphatic hydroxyl groups is 1. The van der Waals surface area contributed by atoms with E-state index in [0.29, 0.717) is 30.5 Å². The van der Waals surface area contributed by atoms with E-state index in [9.17, 15) is 14.7 Å². The lowest BCUT2D eigenvalue weighted by atomic mass is 10.0. The van der Waals surface area contributed by atoms with Gasteiger partial charge in [-0.15, -0.1) is 11.3 Å². The summed E-state index contributed by atoms with van der Waals surface area (Å²) in [6.45, 7) is 7.85. The van der Waals surface area contributed by atoms with Crippen LogP contribution in [0.2, 0.25) is 0 Å². The molecule has 4 heterocycles. The predicted octanol–water partition coefficient (Wildman–Crippen LogP) is 3.56. The number of hydrogen-bond acceptors (Lipinski definition) is 7. The summed E-state index contributed by atoms with van der Waals surface area (Å²) in [6.07, 6.45) is 4.33. The summed E-state index contributed by atoms with van der Waals surface area (Å²) in [7, 11) is 1.50. The molecule has 3 aromatic rings. The molecule has 3 amide bonds. The second kappa shape index (κ2) is 7.64. The molecule has 1 saturated heterocycles. The Kier molecular flexibility index (Phi) is 5.07. The maximum Gasteiger partial charge on any atom is 0.333 e. The average molecular weight is 482 g/mol. The molecule has 2 aliphatic heterocycles. The van der Waals surface area contributed by atoms with Crippen LogP contribution in [0.1, 0.15) is 32.6 Å². The number of hydrogen-bond donors (Lipinski definition) is 1. The van der Waals surface area contributed by atoms with Crippen LogP contribution in [0.3, 0.4) is 0 Å². The van der Waals surface area contributed by atoms with Gasteiger partial charge in [0.2, 0.25) is 0 Å². The first-order chi connectivity index (χ1) is 16.0. The Bertz CT molecular complexity index is 1300. The molecular formula is C24H27N5O4S. The van der Waals surface area contributed by atoms with Crippen LogP contribution < -0.4 is 9.64 Å². The van der Waals surface area contributed by atoms with Gasteiger partial charge in [0.15, 0.2) is 5.13 Å². The zero-order valence-electron chi connectivity index (χ0n) is 19.8. The van der Waals surface area contributed by atoms with Gasteiger partial charge in [-0.25, -0.2) is 9.78 Å². The fourth-order valence-electron chi connectivity index (χ4n) is 4.38. The number of carbonyl (C=O) groups is 2. The van der Waals surface area contributed by atoms with E-state index in [4.69, 9.17) is 9.72 Å². The van der Waals surface area contributed by atoms with Gasteiger partial charge in [-0.05, 0) is 45.4 Å². The number of fused-ring (bicyclic) bond motifs is 3. The van der Waals surface area contributed by atoms with Crippen molar-refractivity contribution in [3.05, 3.63) is 35.5 Å². The van der Waals surface area contributed by atoms with Gasteiger partial charge in [0.1, 0.15) is 11.3 Å². The number of rotatable bonds is 4. The Morgan fingerprint density at radius 1 is 1.24 bits per heavy atom. The normalized spacial score (nSPS) is 17.5. The van der Waals surface area contributed by atoms with Gasteiger partial charge in [-0.1, -0.05) is 6.07 Å². The number of aromatic nitrogens is 3. The van der Waals surface area contributed by atoms with Gasteiger partial charge in [0, 0.05) is 35.7 Å². The van der Waals surface area contributed by atoms with Crippen molar-refractivity contribution in [3.63, 3.8) is 0 Å². The van der Waals surface area contributed by atoms with Crippen molar-refractivity contribution in [3.8, 4) is 28.1 Å². The predicted molar refractivity (Wildman–Crippen MR) is 129 cm³/mol. The highest BCUT2D eigenvalue weighted by Gasteiger charge is 2.51. The number of imide groups is 1. The van der Waals surface area contributed by atoms with Crippen LogP contribution in [0.5, 0.6) is 5.75 Å². The van der Waals surface area contributed by atoms with Gasteiger partial charge < -0.3 is 9.84 Å². The molecule has 0 radical (unpaired) electrons. The van der Waals surface area contributed by atoms with Crippen LogP contribution in [-0.4, -0.2) is 61.5 Å². The summed E-state index contributed by atoms with van der Waals surface area (Å²) in [5, 5.41) is 14.9. The lowest BCUT2D eigenvalue weighted by Crippen LogP contribution is -2.44. The average Bonchev–Trinajstić information content (AvgIpc) is 3.38. The van der Waals surface area contributed by atoms with Crippen molar-refractivity contribution in [2.75, 3.05) is 18.6 Å². The zero-order valence-corrected chi connectivity index (χ0v) is 20.6. The first-order valence-electron chi connectivity index (χ1n) is 11.1. The van der Waals surface area contributed by atoms with Crippen LogP contribution in [0.4, 0.5) is 9.93 Å². The van der Waals surface area contributed by atoms with E-state index in [0.717, 1.165) is 32.2 Å². The molecule has 1 aromatic carbocycles. The van der Waals surface area contributed by atoms with Gasteiger partial charge in [-0.2, -0.15) is 5.10 Å². The molecule has 0 spiro atoms. The molecule has 0 unspecified atom stereocenters. The summed E-state index contributed by atoms with van der Waals surface area (Å²) in [6, 6.07) is 5.56. The lowest BCUT2D eigenvalue weighted by Gasteiger charge is -2.25. The highest BCUT2D eigenvalue weighted by atomic mass is 32.1. The fourth-order valence-corrected chi connectivity index (χ4v) is 5.58. The molecule has 0 bridgehead atoms. The Labute approximate surface area is 201 Å². The topological polar surface area (TPSA) is 101 Å². The van der Waals surface area contributed by atoms with Gasteiger partial charge >= 0.3 is 6.03 Å². The summed E-state index contributed by atoms with van der Waals surface area (Å²) < 4.78 is 7.78. The minimum atomic E-state index is -0.991. The number of ether oxygens (including phenoxy) is 1. The first-order valence-corrected chi connectivity index (χ1v) is 11.9. The number of amides is 3. The number of nitrogens with zero attached hydrogens (tertiary/aromatic N) is 5. The molecule has 1 N–H and O–H groups in total. The van der Waals surface area contributed by atoms with Crippen molar-refractivity contribution in [2.24, 2.45) is 0 Å². The van der Waals surface area contributed by atoms with E-state index in [1.807, 2.05) is 24.4 Å². The summed E-state index contributed by atoms with van der Waals surface area (Å²) >= 11 is 1.43. The van der Waals surface area contributed by atoms with Crippen LogP contribution in [0, 0.1) is 0 Å².